The molecule has 0 saturated carbocycles. The Hall–Kier alpha value is -1.31. The van der Waals surface area contributed by atoms with E-state index in [0.29, 0.717) is 0 Å². The van der Waals surface area contributed by atoms with Crippen LogP contribution < -0.4 is 5.32 Å². The van der Waals surface area contributed by atoms with Crippen LogP contribution in [-0.2, 0) is 4.74 Å². The van der Waals surface area contributed by atoms with Gasteiger partial charge in [0.25, 0.3) is 0 Å². The van der Waals surface area contributed by atoms with Gasteiger partial charge in [-0.2, -0.15) is 13.2 Å². The maximum absolute atomic E-state index is 12.1. The van der Waals surface area contributed by atoms with Crippen molar-refractivity contribution in [3.63, 3.8) is 0 Å². The molecule has 4 nitrogen and oxygen atoms in total. The van der Waals surface area contributed by atoms with E-state index in [2.05, 4.69) is 10.3 Å². The zero-order valence-corrected chi connectivity index (χ0v) is 10.7. The van der Waals surface area contributed by atoms with Crippen LogP contribution in [0.3, 0.4) is 0 Å². The molecule has 1 unspecified atom stereocenters. The highest BCUT2D eigenvalue weighted by Gasteiger charge is 2.30. The quantitative estimate of drug-likeness (QED) is 0.843. The summed E-state index contributed by atoms with van der Waals surface area (Å²) in [6, 6.07) is -0.800. The second kappa shape index (κ2) is 6.03. The molecule has 0 aliphatic rings. The van der Waals surface area contributed by atoms with Crippen molar-refractivity contribution in [2.75, 3.05) is 11.9 Å². The fourth-order valence-electron chi connectivity index (χ4n) is 1.25. The summed E-state index contributed by atoms with van der Waals surface area (Å²) in [6.07, 6.45) is -5.19. The Morgan fingerprint density at radius 1 is 1.61 bits per heavy atom. The van der Waals surface area contributed by atoms with E-state index in [0.717, 1.165) is 11.3 Å². The van der Waals surface area contributed by atoms with Gasteiger partial charge in [-0.3, -0.25) is 0 Å². The molecule has 8 heteroatoms. The van der Waals surface area contributed by atoms with E-state index in [9.17, 15) is 18.0 Å². The summed E-state index contributed by atoms with van der Waals surface area (Å²) >= 11 is 1.07. The number of nitrogens with one attached hydrogen (secondary N) is 1. The van der Waals surface area contributed by atoms with Crippen molar-refractivity contribution in [2.45, 2.75) is 32.5 Å². The summed E-state index contributed by atoms with van der Waals surface area (Å²) in [5, 5.41) is 4.31. The molecule has 1 rings (SSSR count). The lowest BCUT2D eigenvalue weighted by Gasteiger charge is -2.14. The van der Waals surface area contributed by atoms with E-state index in [-0.39, 0.29) is 17.4 Å². The molecule has 1 aromatic heterocycles. The molecule has 1 N–H and O–H groups in total. The minimum Gasteiger partial charge on any atom is -0.461 e. The molecule has 0 saturated heterocycles. The number of hydrogen-bond acceptors (Lipinski definition) is 5. The summed E-state index contributed by atoms with van der Waals surface area (Å²) in [5.74, 6) is -0.578. The molecular weight excluding hydrogens is 269 g/mol. The SMILES string of the molecule is CCOC(=O)c1csc(NC(C)CC(F)(F)F)n1. The van der Waals surface area contributed by atoms with Crippen LogP contribution in [0.1, 0.15) is 30.8 Å². The Labute approximate surface area is 106 Å². The summed E-state index contributed by atoms with van der Waals surface area (Å²) in [5.41, 5.74) is 0.101. The number of hydrogen-bond donors (Lipinski definition) is 1. The van der Waals surface area contributed by atoms with Crippen LogP contribution in [0, 0.1) is 0 Å². The lowest BCUT2D eigenvalue weighted by molar-refractivity contribution is -0.136. The van der Waals surface area contributed by atoms with E-state index < -0.39 is 24.6 Å². The number of rotatable bonds is 5. The van der Waals surface area contributed by atoms with Gasteiger partial charge in [0.15, 0.2) is 10.8 Å². The minimum atomic E-state index is -4.23. The van der Waals surface area contributed by atoms with E-state index >= 15 is 0 Å². The van der Waals surface area contributed by atoms with E-state index in [1.54, 1.807) is 6.92 Å². The average molecular weight is 282 g/mol. The third kappa shape index (κ3) is 4.91. The molecule has 1 heterocycles. The lowest BCUT2D eigenvalue weighted by Crippen LogP contribution is -2.23. The highest BCUT2D eigenvalue weighted by atomic mass is 32.1. The van der Waals surface area contributed by atoms with Crippen molar-refractivity contribution in [1.29, 1.82) is 0 Å². The van der Waals surface area contributed by atoms with Gasteiger partial charge in [-0.05, 0) is 13.8 Å². The van der Waals surface area contributed by atoms with Crippen LogP contribution >= 0.6 is 11.3 Å². The first-order valence-electron chi connectivity index (χ1n) is 5.27. The summed E-state index contributed by atoms with van der Waals surface area (Å²) in [4.78, 5) is 15.2. The third-order valence-corrected chi connectivity index (χ3v) is 2.67. The lowest BCUT2D eigenvalue weighted by atomic mass is 10.2. The number of nitrogens with zero attached hydrogens (tertiary/aromatic N) is 1. The Balaban J connectivity index is 2.56. The zero-order chi connectivity index (χ0) is 13.8. The monoisotopic (exact) mass is 282 g/mol. The molecule has 0 spiro atoms. The number of alkyl halides is 3. The Morgan fingerprint density at radius 2 is 2.28 bits per heavy atom. The number of carbonyl (C=O) groups is 1. The molecule has 0 radical (unpaired) electrons. The molecule has 102 valence electrons. The van der Waals surface area contributed by atoms with Crippen molar-refractivity contribution < 1.29 is 22.7 Å². The van der Waals surface area contributed by atoms with Gasteiger partial charge in [0.2, 0.25) is 0 Å². The number of anilines is 1. The second-order valence-corrected chi connectivity index (χ2v) is 4.48. The standard InChI is InChI=1S/C10H13F3N2O2S/c1-3-17-8(16)7-5-18-9(15-7)14-6(2)4-10(11,12)13/h5-6H,3-4H2,1-2H3,(H,14,15). The molecule has 0 bridgehead atoms. The third-order valence-electron chi connectivity index (χ3n) is 1.90. The van der Waals surface area contributed by atoms with Crippen LogP contribution in [0.15, 0.2) is 5.38 Å². The summed E-state index contributed by atoms with van der Waals surface area (Å²) in [6.45, 7) is 3.29. The highest BCUT2D eigenvalue weighted by Crippen LogP contribution is 2.24. The molecule has 0 aliphatic carbocycles. The van der Waals surface area contributed by atoms with Crippen LogP contribution in [0.5, 0.6) is 0 Å². The predicted molar refractivity (Wildman–Crippen MR) is 61.8 cm³/mol. The Kier molecular flexibility index (Phi) is 4.94. The van der Waals surface area contributed by atoms with Crippen molar-refractivity contribution in [3.05, 3.63) is 11.1 Å². The van der Waals surface area contributed by atoms with Gasteiger partial charge in [-0.25, -0.2) is 9.78 Å². The molecule has 0 aromatic carbocycles. The van der Waals surface area contributed by atoms with E-state index in [4.69, 9.17) is 4.74 Å². The molecule has 0 amide bonds. The van der Waals surface area contributed by atoms with Crippen LogP contribution in [0.2, 0.25) is 0 Å². The smallest absolute Gasteiger partial charge is 0.391 e. The second-order valence-electron chi connectivity index (χ2n) is 3.62. The molecule has 18 heavy (non-hydrogen) atoms. The first-order chi connectivity index (χ1) is 8.31. The van der Waals surface area contributed by atoms with Crippen molar-refractivity contribution >= 4 is 22.4 Å². The topological polar surface area (TPSA) is 51.2 Å². The van der Waals surface area contributed by atoms with Gasteiger partial charge in [-0.1, -0.05) is 0 Å². The highest BCUT2D eigenvalue weighted by molar-refractivity contribution is 7.13. The van der Waals surface area contributed by atoms with E-state index in [1.165, 1.54) is 12.3 Å². The molecule has 0 fully saturated rings. The number of esters is 1. The van der Waals surface area contributed by atoms with Crippen LogP contribution in [0.25, 0.3) is 0 Å². The van der Waals surface area contributed by atoms with Crippen molar-refractivity contribution in [2.24, 2.45) is 0 Å². The summed E-state index contributed by atoms with van der Waals surface area (Å²) < 4.78 is 41.1. The normalized spacial score (nSPS) is 13.2. The number of thiazole rings is 1. The first-order valence-corrected chi connectivity index (χ1v) is 6.15. The van der Waals surface area contributed by atoms with E-state index in [1.807, 2.05) is 0 Å². The predicted octanol–water partition coefficient (Wildman–Crippen LogP) is 3.07. The van der Waals surface area contributed by atoms with Gasteiger partial charge in [-0.15, -0.1) is 11.3 Å². The van der Waals surface area contributed by atoms with Crippen LogP contribution in [-0.4, -0.2) is 29.8 Å². The maximum Gasteiger partial charge on any atom is 0.391 e. The van der Waals surface area contributed by atoms with Gasteiger partial charge in [0, 0.05) is 11.4 Å². The number of ether oxygens (including phenoxy) is 1. The zero-order valence-electron chi connectivity index (χ0n) is 9.87. The Bertz CT molecular complexity index is 406. The fourth-order valence-corrected chi connectivity index (χ4v) is 2.04. The van der Waals surface area contributed by atoms with Gasteiger partial charge in [0.1, 0.15) is 0 Å². The average Bonchev–Trinajstić information content (AvgIpc) is 2.63. The first kappa shape index (κ1) is 14.7. The molecule has 1 aromatic rings. The molecule has 1 atom stereocenters. The number of aromatic nitrogens is 1. The molecular formula is C10H13F3N2O2S. The largest absolute Gasteiger partial charge is 0.461 e. The number of carbonyl (C=O) groups excluding carboxylic acids is 1. The summed E-state index contributed by atoms with van der Waals surface area (Å²) in [7, 11) is 0. The fraction of sp³-hybridized carbons (Fsp3) is 0.600. The van der Waals surface area contributed by atoms with Gasteiger partial charge >= 0.3 is 12.1 Å². The van der Waals surface area contributed by atoms with Crippen LogP contribution in [0.4, 0.5) is 18.3 Å². The van der Waals surface area contributed by atoms with Crippen molar-refractivity contribution in [3.8, 4) is 0 Å². The van der Waals surface area contributed by atoms with Gasteiger partial charge in [0.05, 0.1) is 13.0 Å². The van der Waals surface area contributed by atoms with Crippen molar-refractivity contribution in [1.82, 2.24) is 4.98 Å². The minimum absolute atomic E-state index is 0.101. The Morgan fingerprint density at radius 3 is 2.83 bits per heavy atom. The molecule has 0 aliphatic heterocycles. The van der Waals surface area contributed by atoms with Gasteiger partial charge < -0.3 is 10.1 Å². The maximum atomic E-state index is 12.1. The number of halogens is 3.